The highest BCUT2D eigenvalue weighted by Crippen LogP contribution is 2.36. The second-order valence-electron chi connectivity index (χ2n) is 5.68. The van der Waals surface area contributed by atoms with Gasteiger partial charge in [-0.25, -0.2) is 0 Å². The molecule has 0 unspecified atom stereocenters. The molecule has 1 heterocycles. The molecule has 0 aliphatic carbocycles. The highest BCUT2D eigenvalue weighted by molar-refractivity contribution is 5.49. The molecule has 4 heteroatoms. The molecule has 0 aromatic heterocycles. The van der Waals surface area contributed by atoms with Gasteiger partial charge in [-0.15, -0.1) is 0 Å². The lowest BCUT2D eigenvalue weighted by Crippen LogP contribution is -2.21. The Bertz CT molecular complexity index is 697. The van der Waals surface area contributed by atoms with E-state index >= 15 is 0 Å². The van der Waals surface area contributed by atoms with Crippen molar-refractivity contribution in [1.29, 1.82) is 0 Å². The maximum absolute atomic E-state index is 9.83. The number of rotatable bonds is 4. The number of hydrogen-bond acceptors (Lipinski definition) is 4. The monoisotopic (exact) mass is 299 g/mol. The third kappa shape index (κ3) is 2.62. The largest absolute Gasteiger partial charge is 0.504 e. The molecule has 116 valence electrons. The second kappa shape index (κ2) is 5.89. The summed E-state index contributed by atoms with van der Waals surface area (Å²) in [6.07, 6.45) is 0. The Hall–Kier alpha value is -2.20. The normalized spacial score (nSPS) is 16.2. The summed E-state index contributed by atoms with van der Waals surface area (Å²) in [5.74, 6) is 1.66. The van der Waals surface area contributed by atoms with Gasteiger partial charge in [0.2, 0.25) is 0 Å². The SMILES string of the molecule is COc1ccc(CN[C@@H]2COc3c2ccc(C)c3C)cc1O. The lowest BCUT2D eigenvalue weighted by Gasteiger charge is -2.13. The van der Waals surface area contributed by atoms with Gasteiger partial charge in [0.15, 0.2) is 11.5 Å². The number of aryl methyl sites for hydroxylation is 1. The predicted octanol–water partition coefficient (Wildman–Crippen LogP) is 3.24. The molecule has 0 saturated carbocycles. The molecule has 4 nitrogen and oxygen atoms in total. The minimum absolute atomic E-state index is 0.163. The first-order chi connectivity index (χ1) is 10.6. The summed E-state index contributed by atoms with van der Waals surface area (Å²) in [6, 6.07) is 9.90. The van der Waals surface area contributed by atoms with Crippen LogP contribution >= 0.6 is 0 Å². The summed E-state index contributed by atoms with van der Waals surface area (Å²) < 4.78 is 10.9. The first-order valence-corrected chi connectivity index (χ1v) is 7.42. The van der Waals surface area contributed by atoms with Gasteiger partial charge in [0.1, 0.15) is 12.4 Å². The number of phenols is 1. The Kier molecular flexibility index (Phi) is 3.94. The van der Waals surface area contributed by atoms with Gasteiger partial charge in [0.05, 0.1) is 13.2 Å². The average Bonchev–Trinajstić information content (AvgIpc) is 2.93. The summed E-state index contributed by atoms with van der Waals surface area (Å²) in [5.41, 5.74) is 4.68. The smallest absolute Gasteiger partial charge is 0.160 e. The van der Waals surface area contributed by atoms with Crippen LogP contribution in [0.1, 0.15) is 28.3 Å². The zero-order valence-electron chi connectivity index (χ0n) is 13.1. The van der Waals surface area contributed by atoms with Crippen molar-refractivity contribution < 1.29 is 14.6 Å². The Balaban J connectivity index is 1.72. The van der Waals surface area contributed by atoms with Gasteiger partial charge in [0, 0.05) is 12.1 Å². The van der Waals surface area contributed by atoms with E-state index in [-0.39, 0.29) is 11.8 Å². The zero-order valence-corrected chi connectivity index (χ0v) is 13.1. The van der Waals surface area contributed by atoms with Gasteiger partial charge in [-0.05, 0) is 42.7 Å². The van der Waals surface area contributed by atoms with Crippen molar-refractivity contribution in [2.24, 2.45) is 0 Å². The lowest BCUT2D eigenvalue weighted by atomic mass is 10.0. The number of methoxy groups -OCH3 is 1. The number of aromatic hydroxyl groups is 1. The van der Waals surface area contributed by atoms with E-state index in [9.17, 15) is 5.11 Å². The van der Waals surface area contributed by atoms with Crippen LogP contribution in [0.2, 0.25) is 0 Å². The van der Waals surface area contributed by atoms with Crippen LogP contribution in [0.4, 0.5) is 0 Å². The van der Waals surface area contributed by atoms with Crippen LogP contribution in [0.5, 0.6) is 17.2 Å². The minimum Gasteiger partial charge on any atom is -0.504 e. The molecule has 22 heavy (non-hydrogen) atoms. The van der Waals surface area contributed by atoms with Gasteiger partial charge in [-0.3, -0.25) is 0 Å². The van der Waals surface area contributed by atoms with Crippen molar-refractivity contribution in [3.8, 4) is 17.2 Å². The molecule has 0 saturated heterocycles. The van der Waals surface area contributed by atoms with Crippen LogP contribution in [0.15, 0.2) is 30.3 Å². The van der Waals surface area contributed by atoms with E-state index in [0.29, 0.717) is 18.9 Å². The van der Waals surface area contributed by atoms with Crippen molar-refractivity contribution in [2.75, 3.05) is 13.7 Å². The van der Waals surface area contributed by atoms with Gasteiger partial charge < -0.3 is 19.9 Å². The molecule has 2 N–H and O–H groups in total. The molecule has 2 aromatic carbocycles. The topological polar surface area (TPSA) is 50.7 Å². The molecule has 1 aliphatic heterocycles. The molecule has 0 fully saturated rings. The molecule has 2 aromatic rings. The van der Waals surface area contributed by atoms with Gasteiger partial charge in [-0.2, -0.15) is 0 Å². The fourth-order valence-corrected chi connectivity index (χ4v) is 2.79. The van der Waals surface area contributed by atoms with E-state index in [1.54, 1.807) is 19.2 Å². The number of benzene rings is 2. The van der Waals surface area contributed by atoms with Crippen molar-refractivity contribution in [3.63, 3.8) is 0 Å². The van der Waals surface area contributed by atoms with E-state index in [4.69, 9.17) is 9.47 Å². The molecule has 3 rings (SSSR count). The molecule has 1 aliphatic rings. The van der Waals surface area contributed by atoms with Gasteiger partial charge >= 0.3 is 0 Å². The maximum Gasteiger partial charge on any atom is 0.160 e. The summed E-state index contributed by atoms with van der Waals surface area (Å²) in [4.78, 5) is 0. The fourth-order valence-electron chi connectivity index (χ4n) is 2.79. The zero-order chi connectivity index (χ0) is 15.7. The average molecular weight is 299 g/mol. The molecular weight excluding hydrogens is 278 g/mol. The van der Waals surface area contributed by atoms with E-state index in [0.717, 1.165) is 11.3 Å². The van der Waals surface area contributed by atoms with E-state index in [1.165, 1.54) is 16.7 Å². The number of ether oxygens (including phenoxy) is 2. The Morgan fingerprint density at radius 1 is 1.27 bits per heavy atom. The molecule has 0 radical (unpaired) electrons. The minimum atomic E-state index is 0.163. The summed E-state index contributed by atoms with van der Waals surface area (Å²) >= 11 is 0. The second-order valence-corrected chi connectivity index (χ2v) is 5.68. The van der Waals surface area contributed by atoms with Crippen LogP contribution in [0.25, 0.3) is 0 Å². The van der Waals surface area contributed by atoms with Crippen molar-refractivity contribution in [1.82, 2.24) is 5.32 Å². The number of fused-ring (bicyclic) bond motifs is 1. The lowest BCUT2D eigenvalue weighted by molar-refractivity contribution is 0.309. The predicted molar refractivity (Wildman–Crippen MR) is 85.7 cm³/mol. The first-order valence-electron chi connectivity index (χ1n) is 7.42. The number of phenolic OH excluding ortho intramolecular Hbond substituents is 1. The summed E-state index contributed by atoms with van der Waals surface area (Å²) in [5, 5.41) is 13.3. The Morgan fingerprint density at radius 3 is 2.82 bits per heavy atom. The first kappa shape index (κ1) is 14.7. The third-order valence-electron chi connectivity index (χ3n) is 4.27. The molecular formula is C18H21NO3. The molecule has 1 atom stereocenters. The molecule has 0 amide bonds. The fraction of sp³-hybridized carbons (Fsp3) is 0.333. The van der Waals surface area contributed by atoms with Crippen LogP contribution in [0.3, 0.4) is 0 Å². The van der Waals surface area contributed by atoms with Gasteiger partial charge in [-0.1, -0.05) is 18.2 Å². The van der Waals surface area contributed by atoms with Crippen molar-refractivity contribution in [3.05, 3.63) is 52.6 Å². The maximum atomic E-state index is 9.83. The van der Waals surface area contributed by atoms with Crippen LogP contribution in [-0.2, 0) is 6.54 Å². The van der Waals surface area contributed by atoms with E-state index in [1.807, 2.05) is 6.07 Å². The summed E-state index contributed by atoms with van der Waals surface area (Å²) in [6.45, 7) is 5.50. The standard InChI is InChI=1S/C18H21NO3/c1-11-4-6-14-15(10-22-18(14)12(11)2)19-9-13-5-7-17(21-3)16(20)8-13/h4-8,15,19-20H,9-10H2,1-3H3/t15-/m1/s1. The van der Waals surface area contributed by atoms with Gasteiger partial charge in [0.25, 0.3) is 0 Å². The number of hydrogen-bond donors (Lipinski definition) is 2. The highest BCUT2D eigenvalue weighted by Gasteiger charge is 2.25. The third-order valence-corrected chi connectivity index (χ3v) is 4.27. The highest BCUT2D eigenvalue weighted by atomic mass is 16.5. The van der Waals surface area contributed by atoms with E-state index < -0.39 is 0 Å². The summed E-state index contributed by atoms with van der Waals surface area (Å²) in [7, 11) is 1.55. The molecule has 0 bridgehead atoms. The Morgan fingerprint density at radius 2 is 2.09 bits per heavy atom. The Labute approximate surface area is 130 Å². The molecule has 0 spiro atoms. The van der Waals surface area contributed by atoms with Crippen LogP contribution in [-0.4, -0.2) is 18.8 Å². The van der Waals surface area contributed by atoms with Crippen LogP contribution < -0.4 is 14.8 Å². The van der Waals surface area contributed by atoms with Crippen molar-refractivity contribution >= 4 is 0 Å². The number of nitrogens with one attached hydrogen (secondary N) is 1. The van der Waals surface area contributed by atoms with Crippen LogP contribution in [0, 0.1) is 13.8 Å². The quantitative estimate of drug-likeness (QED) is 0.910. The van der Waals surface area contributed by atoms with E-state index in [2.05, 4.69) is 31.3 Å². The van der Waals surface area contributed by atoms with Crippen molar-refractivity contribution in [2.45, 2.75) is 26.4 Å².